The second kappa shape index (κ2) is 9.26. The molecule has 36 heavy (non-hydrogen) atoms. The summed E-state index contributed by atoms with van der Waals surface area (Å²) >= 11 is 0. The SMILES string of the molecule is CN(c1ccc(F)cc1CNc1nc(Nc2cccc3c2CC(=O)N3)ncc1C(F)(F)F)S(C)(=O)=O. The molecule has 3 aromatic rings. The number of nitrogens with zero attached hydrogens (tertiary/aromatic N) is 3. The number of aromatic nitrogens is 2. The summed E-state index contributed by atoms with van der Waals surface area (Å²) in [5.41, 5.74) is 0.646. The van der Waals surface area contributed by atoms with Gasteiger partial charge in [-0.2, -0.15) is 18.2 Å². The van der Waals surface area contributed by atoms with Crippen molar-refractivity contribution in [1.82, 2.24) is 9.97 Å². The predicted molar refractivity (Wildman–Crippen MR) is 126 cm³/mol. The van der Waals surface area contributed by atoms with Crippen LogP contribution in [0.5, 0.6) is 0 Å². The maximum absolute atomic E-state index is 13.9. The topological polar surface area (TPSA) is 116 Å². The molecule has 4 rings (SSSR count). The highest BCUT2D eigenvalue weighted by molar-refractivity contribution is 7.92. The van der Waals surface area contributed by atoms with Crippen molar-refractivity contribution >= 4 is 44.8 Å². The standard InChI is InChI=1S/C22H20F4N6O3S/c1-32(36(2,34)35)18-7-6-13(23)8-12(18)10-27-20-15(22(24,25)26)11-28-21(31-20)30-17-5-3-4-16-14(17)9-19(33)29-16/h3-8,11H,9-10H2,1-2H3,(H,29,33)(H2,27,28,30,31). The van der Waals surface area contributed by atoms with Crippen molar-refractivity contribution in [3.8, 4) is 0 Å². The Labute approximate surface area is 203 Å². The van der Waals surface area contributed by atoms with Crippen LogP contribution in [0.4, 0.5) is 46.4 Å². The summed E-state index contributed by atoms with van der Waals surface area (Å²) in [5.74, 6) is -1.69. The summed E-state index contributed by atoms with van der Waals surface area (Å²) in [4.78, 5) is 19.4. The van der Waals surface area contributed by atoms with Crippen LogP contribution in [-0.2, 0) is 34.0 Å². The minimum Gasteiger partial charge on any atom is -0.365 e. The van der Waals surface area contributed by atoms with Gasteiger partial charge in [-0.15, -0.1) is 0 Å². The van der Waals surface area contributed by atoms with E-state index in [0.717, 1.165) is 22.7 Å². The Morgan fingerprint density at radius 1 is 1.19 bits per heavy atom. The van der Waals surface area contributed by atoms with Crippen molar-refractivity contribution in [3.63, 3.8) is 0 Å². The lowest BCUT2D eigenvalue weighted by Crippen LogP contribution is -2.26. The molecular formula is C22H20F4N6O3S. The number of carbonyl (C=O) groups is 1. The Morgan fingerprint density at radius 3 is 2.64 bits per heavy atom. The molecule has 0 atom stereocenters. The fourth-order valence-electron chi connectivity index (χ4n) is 3.63. The Kier molecular flexibility index (Phi) is 6.47. The molecule has 1 aromatic heterocycles. The Morgan fingerprint density at radius 2 is 1.94 bits per heavy atom. The number of carbonyl (C=O) groups excluding carboxylic acids is 1. The summed E-state index contributed by atoms with van der Waals surface area (Å²) in [5, 5.41) is 8.03. The fraction of sp³-hybridized carbons (Fsp3) is 0.227. The van der Waals surface area contributed by atoms with E-state index in [1.807, 2.05) is 0 Å². The molecule has 0 saturated heterocycles. The van der Waals surface area contributed by atoms with Crippen LogP contribution in [-0.4, -0.2) is 37.6 Å². The van der Waals surface area contributed by atoms with E-state index in [2.05, 4.69) is 25.9 Å². The number of hydrogen-bond acceptors (Lipinski definition) is 7. The van der Waals surface area contributed by atoms with E-state index in [1.165, 1.54) is 13.1 Å². The minimum atomic E-state index is -4.81. The van der Waals surface area contributed by atoms with Crippen molar-refractivity contribution in [2.24, 2.45) is 0 Å². The molecule has 2 aromatic carbocycles. The van der Waals surface area contributed by atoms with E-state index in [0.29, 0.717) is 23.1 Å². The molecule has 0 unspecified atom stereocenters. The van der Waals surface area contributed by atoms with Crippen LogP contribution in [0.15, 0.2) is 42.6 Å². The summed E-state index contributed by atoms with van der Waals surface area (Å²) < 4.78 is 79.7. The van der Waals surface area contributed by atoms with E-state index in [4.69, 9.17) is 0 Å². The molecule has 1 aliphatic heterocycles. The average molecular weight is 525 g/mol. The maximum Gasteiger partial charge on any atom is 0.421 e. The van der Waals surface area contributed by atoms with Crippen molar-refractivity contribution < 1.29 is 30.8 Å². The quantitative estimate of drug-likeness (QED) is 0.402. The molecule has 0 radical (unpaired) electrons. The summed E-state index contributed by atoms with van der Waals surface area (Å²) in [6.45, 7) is -0.369. The van der Waals surface area contributed by atoms with Crippen LogP contribution >= 0.6 is 0 Å². The van der Waals surface area contributed by atoms with Crippen molar-refractivity contribution in [1.29, 1.82) is 0 Å². The second-order valence-corrected chi connectivity index (χ2v) is 10.0. The molecule has 0 spiro atoms. The molecule has 2 heterocycles. The van der Waals surface area contributed by atoms with Gasteiger partial charge in [0.25, 0.3) is 0 Å². The zero-order valence-corrected chi connectivity index (χ0v) is 19.8. The van der Waals surface area contributed by atoms with E-state index >= 15 is 0 Å². The van der Waals surface area contributed by atoms with Crippen LogP contribution in [0.2, 0.25) is 0 Å². The lowest BCUT2D eigenvalue weighted by molar-refractivity contribution is -0.137. The molecule has 1 amide bonds. The average Bonchev–Trinajstić information content (AvgIpc) is 3.17. The first-order valence-corrected chi connectivity index (χ1v) is 12.3. The summed E-state index contributed by atoms with van der Waals surface area (Å²) in [6, 6.07) is 8.26. The van der Waals surface area contributed by atoms with E-state index in [1.54, 1.807) is 18.2 Å². The van der Waals surface area contributed by atoms with E-state index in [-0.39, 0.29) is 36.1 Å². The molecule has 14 heteroatoms. The monoisotopic (exact) mass is 524 g/mol. The molecule has 9 nitrogen and oxygen atoms in total. The van der Waals surface area contributed by atoms with Gasteiger partial charge in [-0.3, -0.25) is 9.10 Å². The largest absolute Gasteiger partial charge is 0.421 e. The van der Waals surface area contributed by atoms with Gasteiger partial charge in [-0.05, 0) is 35.9 Å². The number of halogens is 4. The Balaban J connectivity index is 1.66. The van der Waals surface area contributed by atoms with Gasteiger partial charge in [0.1, 0.15) is 17.2 Å². The molecule has 0 bridgehead atoms. The Bertz CT molecular complexity index is 1450. The Hall–Kier alpha value is -3.94. The zero-order valence-electron chi connectivity index (χ0n) is 18.9. The molecule has 1 aliphatic rings. The lowest BCUT2D eigenvalue weighted by Gasteiger charge is -2.21. The third-order valence-corrected chi connectivity index (χ3v) is 6.64. The molecule has 0 aliphatic carbocycles. The molecule has 0 fully saturated rings. The van der Waals surface area contributed by atoms with E-state index in [9.17, 15) is 30.8 Å². The van der Waals surface area contributed by atoms with Crippen LogP contribution < -0.4 is 20.3 Å². The second-order valence-electron chi connectivity index (χ2n) is 7.99. The molecule has 0 saturated carbocycles. The molecular weight excluding hydrogens is 504 g/mol. The minimum absolute atomic E-state index is 0.0838. The van der Waals surface area contributed by atoms with Gasteiger partial charge in [0.05, 0.1) is 18.4 Å². The summed E-state index contributed by atoms with van der Waals surface area (Å²) in [7, 11) is -2.47. The number of nitrogens with one attached hydrogen (secondary N) is 3. The van der Waals surface area contributed by atoms with Gasteiger partial charge in [-0.25, -0.2) is 17.8 Å². The first-order chi connectivity index (χ1) is 16.8. The van der Waals surface area contributed by atoms with Gasteiger partial charge in [-0.1, -0.05) is 6.07 Å². The highest BCUT2D eigenvalue weighted by Gasteiger charge is 2.35. The number of anilines is 5. The number of fused-ring (bicyclic) bond motifs is 1. The van der Waals surface area contributed by atoms with Crippen LogP contribution in [0.1, 0.15) is 16.7 Å². The smallest absolute Gasteiger partial charge is 0.365 e. The van der Waals surface area contributed by atoms with Gasteiger partial charge in [0.2, 0.25) is 21.9 Å². The lowest BCUT2D eigenvalue weighted by atomic mass is 10.1. The number of benzene rings is 2. The first-order valence-electron chi connectivity index (χ1n) is 10.4. The van der Waals surface area contributed by atoms with Crippen LogP contribution in [0, 0.1) is 5.82 Å². The maximum atomic E-state index is 13.9. The van der Waals surface area contributed by atoms with Gasteiger partial charge in [0.15, 0.2) is 0 Å². The van der Waals surface area contributed by atoms with Crippen LogP contribution in [0.25, 0.3) is 0 Å². The van der Waals surface area contributed by atoms with Gasteiger partial charge < -0.3 is 16.0 Å². The normalized spacial score (nSPS) is 13.2. The molecule has 3 N–H and O–H groups in total. The number of hydrogen-bond donors (Lipinski definition) is 3. The van der Waals surface area contributed by atoms with Crippen molar-refractivity contribution in [3.05, 3.63) is 65.1 Å². The number of amides is 1. The van der Waals surface area contributed by atoms with Gasteiger partial charge in [0, 0.05) is 36.7 Å². The van der Waals surface area contributed by atoms with Crippen molar-refractivity contribution in [2.45, 2.75) is 19.1 Å². The highest BCUT2D eigenvalue weighted by Crippen LogP contribution is 2.36. The zero-order chi connectivity index (χ0) is 26.3. The third kappa shape index (κ3) is 5.32. The fourth-order valence-corrected chi connectivity index (χ4v) is 4.17. The first kappa shape index (κ1) is 25.2. The summed E-state index contributed by atoms with van der Waals surface area (Å²) in [6.07, 6.45) is -3.18. The number of sulfonamides is 1. The third-order valence-electron chi connectivity index (χ3n) is 5.45. The highest BCUT2D eigenvalue weighted by atomic mass is 32.2. The number of alkyl halides is 3. The predicted octanol–water partition coefficient (Wildman–Crippen LogP) is 3.88. The van der Waals surface area contributed by atoms with Crippen LogP contribution in [0.3, 0.4) is 0 Å². The molecule has 190 valence electrons. The van der Waals surface area contributed by atoms with Gasteiger partial charge >= 0.3 is 6.18 Å². The van der Waals surface area contributed by atoms with E-state index < -0.39 is 33.4 Å². The van der Waals surface area contributed by atoms with Crippen molar-refractivity contribution in [2.75, 3.05) is 33.6 Å². The number of rotatable bonds is 7.